The van der Waals surface area contributed by atoms with Crippen LogP contribution >= 0.6 is 0 Å². The average Bonchev–Trinajstić information content (AvgIpc) is 3.22. The van der Waals surface area contributed by atoms with Gasteiger partial charge in [0.25, 0.3) is 5.91 Å². The third kappa shape index (κ3) is 3.00. The molecule has 3 aromatic rings. The summed E-state index contributed by atoms with van der Waals surface area (Å²) in [5.74, 6) is 0.0108. The number of aromatic nitrogens is 2. The van der Waals surface area contributed by atoms with Gasteiger partial charge in [-0.3, -0.25) is 9.69 Å². The molecule has 4 rings (SSSR count). The van der Waals surface area contributed by atoms with E-state index >= 15 is 0 Å². The lowest BCUT2D eigenvalue weighted by Crippen LogP contribution is -2.36. The van der Waals surface area contributed by atoms with E-state index < -0.39 is 0 Å². The predicted octanol–water partition coefficient (Wildman–Crippen LogP) is 2.23. The first-order chi connectivity index (χ1) is 11.8. The van der Waals surface area contributed by atoms with Gasteiger partial charge in [0.15, 0.2) is 0 Å². The van der Waals surface area contributed by atoms with Crippen molar-refractivity contribution in [2.24, 2.45) is 0 Å². The van der Waals surface area contributed by atoms with E-state index in [9.17, 15) is 4.79 Å². The van der Waals surface area contributed by atoms with Gasteiger partial charge in [-0.05, 0) is 24.1 Å². The lowest BCUT2D eigenvalue weighted by Gasteiger charge is -2.16. The second kappa shape index (κ2) is 6.41. The molecule has 0 spiro atoms. The molecule has 1 amide bonds. The summed E-state index contributed by atoms with van der Waals surface area (Å²) in [6.07, 6.45) is 2.56. The van der Waals surface area contributed by atoms with Crippen LogP contribution in [-0.2, 0) is 6.54 Å². The summed E-state index contributed by atoms with van der Waals surface area (Å²) in [6.45, 7) is 2.71. The Labute approximate surface area is 139 Å². The molecular formula is C18H18N4O2. The Kier molecular flexibility index (Phi) is 3.96. The van der Waals surface area contributed by atoms with Gasteiger partial charge in [0.05, 0.1) is 5.39 Å². The molecule has 122 valence electrons. The Balaban J connectivity index is 1.38. The van der Waals surface area contributed by atoms with Crippen LogP contribution in [0.5, 0.6) is 0 Å². The standard InChI is InChI=1S/C18H18N4O2/c23-18(16-15-7-4-9-19-17(15)21-24-16)20-14-8-10-22(12-14)11-13-5-2-1-3-6-13/h1-7,9,14H,8,10-12H2,(H,20,23)/t14-/m0/s1. The number of nitrogens with one attached hydrogen (secondary N) is 1. The Bertz CT molecular complexity index is 846. The molecule has 6 heteroatoms. The smallest absolute Gasteiger partial charge is 0.290 e. The maximum absolute atomic E-state index is 12.4. The van der Waals surface area contributed by atoms with Crippen molar-refractivity contribution in [2.45, 2.75) is 19.0 Å². The maximum atomic E-state index is 12.4. The van der Waals surface area contributed by atoms with Gasteiger partial charge in [0.2, 0.25) is 11.4 Å². The summed E-state index contributed by atoms with van der Waals surface area (Å²) in [5, 5.41) is 7.52. The highest BCUT2D eigenvalue weighted by molar-refractivity contribution is 6.02. The summed E-state index contributed by atoms with van der Waals surface area (Å²) in [6, 6.07) is 14.1. The zero-order valence-electron chi connectivity index (χ0n) is 13.2. The fourth-order valence-electron chi connectivity index (χ4n) is 3.14. The molecule has 0 bridgehead atoms. The monoisotopic (exact) mass is 322 g/mol. The van der Waals surface area contributed by atoms with Crippen molar-refractivity contribution in [3.8, 4) is 0 Å². The number of rotatable bonds is 4. The van der Waals surface area contributed by atoms with Crippen molar-refractivity contribution in [3.05, 3.63) is 60.0 Å². The van der Waals surface area contributed by atoms with E-state index in [4.69, 9.17) is 4.52 Å². The third-order valence-corrected chi connectivity index (χ3v) is 4.32. The quantitative estimate of drug-likeness (QED) is 0.797. The van der Waals surface area contributed by atoms with Gasteiger partial charge in [0, 0.05) is 31.9 Å². The third-order valence-electron chi connectivity index (χ3n) is 4.32. The molecule has 1 N–H and O–H groups in total. The van der Waals surface area contributed by atoms with Crippen LogP contribution in [-0.4, -0.2) is 40.1 Å². The maximum Gasteiger partial charge on any atom is 0.290 e. The lowest BCUT2D eigenvalue weighted by molar-refractivity contribution is 0.0903. The van der Waals surface area contributed by atoms with Crippen LogP contribution in [0.2, 0.25) is 0 Å². The van der Waals surface area contributed by atoms with Crippen LogP contribution in [0.3, 0.4) is 0 Å². The number of benzene rings is 1. The summed E-state index contributed by atoms with van der Waals surface area (Å²) < 4.78 is 5.17. The predicted molar refractivity (Wildman–Crippen MR) is 89.4 cm³/mol. The second-order valence-corrected chi connectivity index (χ2v) is 6.07. The van der Waals surface area contributed by atoms with Crippen molar-refractivity contribution >= 4 is 16.9 Å². The van der Waals surface area contributed by atoms with E-state index in [2.05, 4.69) is 32.5 Å². The largest absolute Gasteiger partial charge is 0.348 e. The number of hydrogen-bond acceptors (Lipinski definition) is 5. The van der Waals surface area contributed by atoms with Gasteiger partial charge >= 0.3 is 0 Å². The van der Waals surface area contributed by atoms with Gasteiger partial charge < -0.3 is 9.84 Å². The number of carbonyl (C=O) groups excluding carboxylic acids is 1. The Morgan fingerprint density at radius 3 is 3.00 bits per heavy atom. The molecule has 1 aliphatic heterocycles. The molecule has 2 aromatic heterocycles. The molecule has 0 radical (unpaired) electrons. The molecule has 1 aromatic carbocycles. The van der Waals surface area contributed by atoms with Crippen LogP contribution in [0, 0.1) is 0 Å². The number of fused-ring (bicyclic) bond motifs is 1. The number of hydrogen-bond donors (Lipinski definition) is 1. The summed E-state index contributed by atoms with van der Waals surface area (Å²) in [5.41, 5.74) is 1.75. The zero-order valence-corrected chi connectivity index (χ0v) is 13.2. The molecular weight excluding hydrogens is 304 g/mol. The van der Waals surface area contributed by atoms with Crippen molar-refractivity contribution < 1.29 is 9.32 Å². The van der Waals surface area contributed by atoms with Crippen LogP contribution in [0.4, 0.5) is 0 Å². The van der Waals surface area contributed by atoms with Gasteiger partial charge in [0.1, 0.15) is 0 Å². The van der Waals surface area contributed by atoms with Crippen LogP contribution in [0.15, 0.2) is 53.2 Å². The summed E-state index contributed by atoms with van der Waals surface area (Å²) in [7, 11) is 0. The first-order valence-corrected chi connectivity index (χ1v) is 8.07. The molecule has 1 saturated heterocycles. The molecule has 1 aliphatic rings. The molecule has 24 heavy (non-hydrogen) atoms. The molecule has 0 aliphatic carbocycles. The van der Waals surface area contributed by atoms with Crippen molar-refractivity contribution in [2.75, 3.05) is 13.1 Å². The fraction of sp³-hybridized carbons (Fsp3) is 0.278. The highest BCUT2D eigenvalue weighted by Gasteiger charge is 2.26. The van der Waals surface area contributed by atoms with Crippen molar-refractivity contribution in [1.29, 1.82) is 0 Å². The lowest BCUT2D eigenvalue weighted by atomic mass is 10.2. The fourth-order valence-corrected chi connectivity index (χ4v) is 3.14. The molecule has 3 heterocycles. The van der Waals surface area contributed by atoms with E-state index in [1.165, 1.54) is 5.56 Å². The van der Waals surface area contributed by atoms with E-state index in [1.807, 2.05) is 18.2 Å². The van der Waals surface area contributed by atoms with Crippen molar-refractivity contribution in [3.63, 3.8) is 0 Å². The SMILES string of the molecule is O=C(N[C@H]1CCN(Cc2ccccc2)C1)c1onc2ncccc12. The van der Waals surface area contributed by atoms with E-state index in [0.717, 1.165) is 26.1 Å². The van der Waals surface area contributed by atoms with E-state index in [1.54, 1.807) is 18.3 Å². The minimum Gasteiger partial charge on any atom is -0.348 e. The first-order valence-electron chi connectivity index (χ1n) is 8.07. The van der Waals surface area contributed by atoms with Crippen molar-refractivity contribution in [1.82, 2.24) is 20.4 Å². The minimum atomic E-state index is -0.225. The number of likely N-dealkylation sites (tertiary alicyclic amines) is 1. The van der Waals surface area contributed by atoms with Gasteiger partial charge in [-0.15, -0.1) is 0 Å². The normalized spacial score (nSPS) is 18.1. The number of pyridine rings is 1. The van der Waals surface area contributed by atoms with E-state index in [0.29, 0.717) is 11.0 Å². The van der Waals surface area contributed by atoms with Crippen LogP contribution < -0.4 is 5.32 Å². The second-order valence-electron chi connectivity index (χ2n) is 6.07. The topological polar surface area (TPSA) is 71.3 Å². The molecule has 6 nitrogen and oxygen atoms in total. The molecule has 0 unspecified atom stereocenters. The highest BCUT2D eigenvalue weighted by Crippen LogP contribution is 2.17. The molecule has 1 atom stereocenters. The van der Waals surface area contributed by atoms with Crippen LogP contribution in [0.1, 0.15) is 22.5 Å². The van der Waals surface area contributed by atoms with Gasteiger partial charge in [-0.2, -0.15) is 0 Å². The highest BCUT2D eigenvalue weighted by atomic mass is 16.5. The van der Waals surface area contributed by atoms with Gasteiger partial charge in [-0.25, -0.2) is 4.98 Å². The number of carbonyl (C=O) groups is 1. The molecule has 0 saturated carbocycles. The average molecular weight is 322 g/mol. The Morgan fingerprint density at radius 2 is 2.12 bits per heavy atom. The molecule has 1 fully saturated rings. The summed E-state index contributed by atoms with van der Waals surface area (Å²) >= 11 is 0. The first kappa shape index (κ1) is 14.8. The van der Waals surface area contributed by atoms with E-state index in [-0.39, 0.29) is 17.7 Å². The summed E-state index contributed by atoms with van der Waals surface area (Å²) in [4.78, 5) is 18.9. The Hall–Kier alpha value is -2.73. The number of amides is 1. The van der Waals surface area contributed by atoms with Gasteiger partial charge in [-0.1, -0.05) is 35.5 Å². The Morgan fingerprint density at radius 1 is 1.25 bits per heavy atom. The minimum absolute atomic E-state index is 0.123. The zero-order chi connectivity index (χ0) is 16.4. The van der Waals surface area contributed by atoms with Crippen LogP contribution in [0.25, 0.3) is 11.0 Å². The number of nitrogens with zero attached hydrogens (tertiary/aromatic N) is 3.